The van der Waals surface area contributed by atoms with E-state index in [1.54, 1.807) is 0 Å². The fourth-order valence-electron chi connectivity index (χ4n) is 2.65. The van der Waals surface area contributed by atoms with Crippen LogP contribution in [0.4, 0.5) is 0 Å². The predicted molar refractivity (Wildman–Crippen MR) is 95.5 cm³/mol. The third kappa shape index (κ3) is 3.96. The Kier molecular flexibility index (Phi) is 5.27. The minimum Gasteiger partial charge on any atom is -0.361 e. The molecule has 0 fully saturated rings. The molecule has 0 amide bonds. The van der Waals surface area contributed by atoms with Gasteiger partial charge in [0.05, 0.1) is 5.69 Å². The van der Waals surface area contributed by atoms with E-state index < -0.39 is 0 Å². The lowest BCUT2D eigenvalue weighted by molar-refractivity contribution is 0.392. The first-order valence-corrected chi connectivity index (χ1v) is 8.41. The molecule has 2 N–H and O–H groups in total. The van der Waals surface area contributed by atoms with Gasteiger partial charge >= 0.3 is 0 Å². The zero-order valence-corrected chi connectivity index (χ0v) is 14.8. The van der Waals surface area contributed by atoms with Gasteiger partial charge in [0.1, 0.15) is 12.3 Å². The number of hydrogen-bond acceptors (Lipinski definition) is 5. The highest BCUT2D eigenvalue weighted by atomic mass is 16.5. The predicted octanol–water partition coefficient (Wildman–Crippen LogP) is 1.63. The summed E-state index contributed by atoms with van der Waals surface area (Å²) in [5.41, 5.74) is 2.91. The Morgan fingerprint density at radius 3 is 2.88 bits per heavy atom. The van der Waals surface area contributed by atoms with Gasteiger partial charge in [-0.1, -0.05) is 11.2 Å². The Hall–Kier alpha value is -2.90. The molecule has 25 heavy (non-hydrogen) atoms. The monoisotopic (exact) mass is 341 g/mol. The zero-order chi connectivity index (χ0) is 17.6. The third-order valence-electron chi connectivity index (χ3n) is 3.96. The molecule has 0 aliphatic heterocycles. The topological polar surface area (TPSA) is 92.6 Å². The summed E-state index contributed by atoms with van der Waals surface area (Å²) in [5, 5.41) is 18.9. The van der Waals surface area contributed by atoms with Crippen molar-refractivity contribution in [1.29, 1.82) is 0 Å². The lowest BCUT2D eigenvalue weighted by Crippen LogP contribution is -2.38. The van der Waals surface area contributed by atoms with Gasteiger partial charge in [0.2, 0.25) is 0 Å². The average molecular weight is 341 g/mol. The van der Waals surface area contributed by atoms with Crippen molar-refractivity contribution in [3.05, 3.63) is 47.2 Å². The summed E-state index contributed by atoms with van der Waals surface area (Å²) in [4.78, 5) is 4.60. The lowest BCUT2D eigenvalue weighted by Gasteiger charge is -2.11. The number of fused-ring (bicyclic) bond motifs is 1. The van der Waals surface area contributed by atoms with E-state index in [1.165, 1.54) is 0 Å². The molecule has 0 saturated carbocycles. The van der Waals surface area contributed by atoms with Crippen LogP contribution in [0.1, 0.15) is 29.8 Å². The van der Waals surface area contributed by atoms with Crippen molar-refractivity contribution in [2.45, 2.75) is 33.7 Å². The van der Waals surface area contributed by atoms with E-state index >= 15 is 0 Å². The molecule has 3 aromatic rings. The number of aromatic nitrogens is 4. The van der Waals surface area contributed by atoms with Crippen LogP contribution in [0, 0.1) is 13.8 Å². The molecule has 0 spiro atoms. The molecule has 0 aliphatic carbocycles. The van der Waals surface area contributed by atoms with Gasteiger partial charge in [-0.15, -0.1) is 10.2 Å². The second-order valence-electron chi connectivity index (χ2n) is 5.72. The molecule has 0 atom stereocenters. The smallest absolute Gasteiger partial charge is 0.191 e. The van der Waals surface area contributed by atoms with Gasteiger partial charge in [0.15, 0.2) is 17.4 Å². The molecule has 0 unspecified atom stereocenters. The Morgan fingerprint density at radius 2 is 2.12 bits per heavy atom. The molecular formula is C17H23N7O. The summed E-state index contributed by atoms with van der Waals surface area (Å²) in [6.45, 7) is 7.92. The summed E-state index contributed by atoms with van der Waals surface area (Å²) in [6.07, 6.45) is 2.78. The molecule has 132 valence electrons. The normalized spacial score (nSPS) is 11.9. The minimum absolute atomic E-state index is 0.450. The van der Waals surface area contributed by atoms with Crippen LogP contribution in [-0.4, -0.2) is 38.8 Å². The van der Waals surface area contributed by atoms with Crippen LogP contribution in [0.25, 0.3) is 5.65 Å². The van der Waals surface area contributed by atoms with Crippen molar-refractivity contribution in [3.8, 4) is 0 Å². The molecule has 0 bridgehead atoms. The fourth-order valence-corrected chi connectivity index (χ4v) is 2.65. The fraction of sp³-hybridized carbons (Fsp3) is 0.412. The van der Waals surface area contributed by atoms with Crippen molar-refractivity contribution in [3.63, 3.8) is 0 Å². The Morgan fingerprint density at radius 1 is 1.24 bits per heavy atom. The van der Waals surface area contributed by atoms with Gasteiger partial charge < -0.3 is 15.2 Å². The maximum Gasteiger partial charge on any atom is 0.191 e. The number of hydrogen-bond donors (Lipinski definition) is 2. The second-order valence-corrected chi connectivity index (χ2v) is 5.72. The van der Waals surface area contributed by atoms with E-state index in [4.69, 9.17) is 4.52 Å². The van der Waals surface area contributed by atoms with Crippen molar-refractivity contribution in [2.24, 2.45) is 4.99 Å². The van der Waals surface area contributed by atoms with E-state index in [-0.39, 0.29) is 0 Å². The summed E-state index contributed by atoms with van der Waals surface area (Å²) in [5.74, 6) is 2.43. The SMILES string of the molecule is CCNC(=NCc1nnc2ccccn12)NCCc1c(C)noc1C. The highest BCUT2D eigenvalue weighted by molar-refractivity contribution is 5.79. The third-order valence-corrected chi connectivity index (χ3v) is 3.96. The molecule has 3 heterocycles. The first kappa shape index (κ1) is 16.9. The zero-order valence-electron chi connectivity index (χ0n) is 14.8. The quantitative estimate of drug-likeness (QED) is 0.523. The maximum absolute atomic E-state index is 5.20. The highest BCUT2D eigenvalue weighted by Crippen LogP contribution is 2.12. The van der Waals surface area contributed by atoms with Gasteiger partial charge in [-0.05, 0) is 39.3 Å². The number of aliphatic imine (C=N–C) groups is 1. The number of guanidine groups is 1. The molecule has 3 aromatic heterocycles. The minimum atomic E-state index is 0.450. The van der Waals surface area contributed by atoms with Crippen LogP contribution in [0.2, 0.25) is 0 Å². The molecule has 0 radical (unpaired) electrons. The summed E-state index contributed by atoms with van der Waals surface area (Å²) < 4.78 is 7.14. The summed E-state index contributed by atoms with van der Waals surface area (Å²) in [6, 6.07) is 5.82. The lowest BCUT2D eigenvalue weighted by atomic mass is 10.1. The first-order chi connectivity index (χ1) is 12.2. The molecule has 8 nitrogen and oxygen atoms in total. The number of nitrogens with zero attached hydrogens (tertiary/aromatic N) is 5. The second kappa shape index (κ2) is 7.78. The van der Waals surface area contributed by atoms with Crippen LogP contribution in [0.5, 0.6) is 0 Å². The van der Waals surface area contributed by atoms with E-state index in [2.05, 4.69) is 31.0 Å². The van der Waals surface area contributed by atoms with Crippen LogP contribution < -0.4 is 10.6 Å². The number of pyridine rings is 1. The number of aryl methyl sites for hydroxylation is 2. The van der Waals surface area contributed by atoms with Crippen molar-refractivity contribution in [1.82, 2.24) is 30.4 Å². The van der Waals surface area contributed by atoms with Crippen molar-refractivity contribution >= 4 is 11.6 Å². The maximum atomic E-state index is 5.20. The van der Waals surface area contributed by atoms with Crippen molar-refractivity contribution < 1.29 is 4.52 Å². The first-order valence-electron chi connectivity index (χ1n) is 8.41. The molecular weight excluding hydrogens is 318 g/mol. The molecule has 8 heteroatoms. The Balaban J connectivity index is 1.63. The molecule has 3 rings (SSSR count). The van der Waals surface area contributed by atoms with E-state index in [0.29, 0.717) is 6.54 Å². The van der Waals surface area contributed by atoms with E-state index in [0.717, 1.165) is 54.0 Å². The number of nitrogens with one attached hydrogen (secondary N) is 2. The highest BCUT2D eigenvalue weighted by Gasteiger charge is 2.09. The van der Waals surface area contributed by atoms with Gasteiger partial charge in [-0.2, -0.15) is 0 Å². The van der Waals surface area contributed by atoms with Crippen molar-refractivity contribution in [2.75, 3.05) is 13.1 Å². The van der Waals surface area contributed by atoms with Crippen LogP contribution in [-0.2, 0) is 13.0 Å². The largest absolute Gasteiger partial charge is 0.361 e. The van der Waals surface area contributed by atoms with Gasteiger partial charge in [-0.25, -0.2) is 4.99 Å². The van der Waals surface area contributed by atoms with Gasteiger partial charge in [0.25, 0.3) is 0 Å². The van der Waals surface area contributed by atoms with E-state index in [9.17, 15) is 0 Å². The van der Waals surface area contributed by atoms with Crippen LogP contribution >= 0.6 is 0 Å². The molecule has 0 saturated heterocycles. The van der Waals surface area contributed by atoms with E-state index in [1.807, 2.05) is 49.6 Å². The van der Waals surface area contributed by atoms with Crippen LogP contribution in [0.15, 0.2) is 33.9 Å². The standard InChI is InChI=1S/C17H23N7O/c1-4-18-17(19-9-8-14-12(2)23-25-13(14)3)20-11-16-22-21-15-7-5-6-10-24(15)16/h5-7,10H,4,8-9,11H2,1-3H3,(H2,18,19,20). The Bertz CT molecular complexity index is 845. The van der Waals surface area contributed by atoms with Gasteiger partial charge in [-0.3, -0.25) is 4.40 Å². The average Bonchev–Trinajstić information content (AvgIpc) is 3.17. The Labute approximate surface area is 146 Å². The molecule has 0 aromatic carbocycles. The summed E-state index contributed by atoms with van der Waals surface area (Å²) in [7, 11) is 0. The molecule has 0 aliphatic rings. The summed E-state index contributed by atoms with van der Waals surface area (Å²) >= 11 is 0. The van der Waals surface area contributed by atoms with Crippen LogP contribution in [0.3, 0.4) is 0 Å². The van der Waals surface area contributed by atoms with Gasteiger partial charge in [0, 0.05) is 24.8 Å². The number of rotatable bonds is 6.